The molecule has 0 unspecified atom stereocenters. The van der Waals surface area contributed by atoms with Crippen molar-refractivity contribution in [2.24, 2.45) is 0 Å². The van der Waals surface area contributed by atoms with Gasteiger partial charge in [0.15, 0.2) is 10.2 Å². The molecule has 5 heteroatoms. The standard InChI is InChI=1S/C20H19N3S2/c24-19(21-17-8-2-1-3-9-17)23-20-22-18(13-25-20)16-11-10-14-6-4-5-7-15(14)12-16/h1-3,8-13H,4-7H2,(H2,21,22,23,24). The highest BCUT2D eigenvalue weighted by atomic mass is 32.1. The molecule has 0 aliphatic heterocycles. The molecule has 2 aromatic carbocycles. The molecule has 0 bridgehead atoms. The van der Waals surface area contributed by atoms with Crippen LogP contribution >= 0.6 is 23.6 Å². The fourth-order valence-corrected chi connectivity index (χ4v) is 4.14. The van der Waals surface area contributed by atoms with Crippen molar-refractivity contribution in [2.45, 2.75) is 25.7 Å². The summed E-state index contributed by atoms with van der Waals surface area (Å²) in [6, 6.07) is 16.6. The quantitative estimate of drug-likeness (QED) is 0.601. The van der Waals surface area contributed by atoms with Gasteiger partial charge in [0.25, 0.3) is 0 Å². The van der Waals surface area contributed by atoms with Gasteiger partial charge in [-0.1, -0.05) is 30.3 Å². The molecule has 4 rings (SSSR count). The summed E-state index contributed by atoms with van der Waals surface area (Å²) in [7, 11) is 0. The first kappa shape index (κ1) is 16.2. The van der Waals surface area contributed by atoms with E-state index in [0.717, 1.165) is 16.5 Å². The zero-order valence-corrected chi connectivity index (χ0v) is 15.4. The van der Waals surface area contributed by atoms with Crippen LogP contribution in [-0.4, -0.2) is 10.1 Å². The Morgan fingerprint density at radius 1 is 0.960 bits per heavy atom. The van der Waals surface area contributed by atoms with E-state index in [-0.39, 0.29) is 0 Å². The number of thiazole rings is 1. The zero-order chi connectivity index (χ0) is 17.1. The van der Waals surface area contributed by atoms with Crippen molar-refractivity contribution in [3.05, 3.63) is 65.0 Å². The monoisotopic (exact) mass is 365 g/mol. The summed E-state index contributed by atoms with van der Waals surface area (Å²) in [6.07, 6.45) is 4.99. The van der Waals surface area contributed by atoms with E-state index < -0.39 is 0 Å². The number of thiocarbonyl (C=S) groups is 1. The highest BCUT2D eigenvalue weighted by Gasteiger charge is 2.12. The highest BCUT2D eigenvalue weighted by molar-refractivity contribution is 7.80. The van der Waals surface area contributed by atoms with Gasteiger partial charge in [-0.25, -0.2) is 4.98 Å². The van der Waals surface area contributed by atoms with Gasteiger partial charge in [-0.15, -0.1) is 11.3 Å². The summed E-state index contributed by atoms with van der Waals surface area (Å²) < 4.78 is 0. The average Bonchev–Trinajstić information content (AvgIpc) is 3.10. The molecule has 2 N–H and O–H groups in total. The maximum absolute atomic E-state index is 5.37. The van der Waals surface area contributed by atoms with E-state index in [1.54, 1.807) is 11.3 Å². The van der Waals surface area contributed by atoms with Crippen LogP contribution in [0.15, 0.2) is 53.9 Å². The molecule has 0 radical (unpaired) electrons. The lowest BCUT2D eigenvalue weighted by Gasteiger charge is -2.16. The number of rotatable bonds is 3. The van der Waals surface area contributed by atoms with Crippen LogP contribution in [0.1, 0.15) is 24.0 Å². The third-order valence-corrected chi connectivity index (χ3v) is 5.36. The minimum Gasteiger partial charge on any atom is -0.332 e. The van der Waals surface area contributed by atoms with Crippen molar-refractivity contribution in [1.29, 1.82) is 0 Å². The first-order valence-corrected chi connectivity index (χ1v) is 9.77. The first-order valence-electron chi connectivity index (χ1n) is 8.49. The Labute approximate surface area is 157 Å². The second-order valence-corrected chi connectivity index (χ2v) is 7.44. The Balaban J connectivity index is 1.46. The number of anilines is 2. The molecule has 1 aromatic heterocycles. The number of nitrogens with zero attached hydrogens (tertiary/aromatic N) is 1. The van der Waals surface area contributed by atoms with Crippen molar-refractivity contribution < 1.29 is 0 Å². The molecule has 1 heterocycles. The van der Waals surface area contributed by atoms with Crippen molar-refractivity contribution in [3.8, 4) is 11.3 Å². The molecule has 25 heavy (non-hydrogen) atoms. The number of aryl methyl sites for hydroxylation is 2. The van der Waals surface area contributed by atoms with Crippen LogP contribution in [0.2, 0.25) is 0 Å². The lowest BCUT2D eigenvalue weighted by Crippen LogP contribution is -2.18. The Kier molecular flexibility index (Phi) is 4.76. The predicted octanol–water partition coefficient (Wildman–Crippen LogP) is 5.50. The molecule has 0 amide bonds. The van der Waals surface area contributed by atoms with Crippen molar-refractivity contribution in [3.63, 3.8) is 0 Å². The number of aromatic nitrogens is 1. The van der Waals surface area contributed by atoms with E-state index in [9.17, 15) is 0 Å². The van der Waals surface area contributed by atoms with Gasteiger partial charge in [0.1, 0.15) is 0 Å². The number of nitrogens with one attached hydrogen (secondary N) is 2. The number of fused-ring (bicyclic) bond motifs is 1. The Morgan fingerprint density at radius 2 is 1.76 bits per heavy atom. The molecule has 0 saturated heterocycles. The fourth-order valence-electron chi connectivity index (χ4n) is 3.14. The normalized spacial score (nSPS) is 13.1. The van der Waals surface area contributed by atoms with Crippen LogP contribution in [0.25, 0.3) is 11.3 Å². The molecular weight excluding hydrogens is 346 g/mol. The summed E-state index contributed by atoms with van der Waals surface area (Å²) >= 11 is 6.94. The third-order valence-electron chi connectivity index (χ3n) is 4.40. The summed E-state index contributed by atoms with van der Waals surface area (Å²) in [5.41, 5.74) is 6.13. The molecule has 0 fully saturated rings. The van der Waals surface area contributed by atoms with Crippen LogP contribution in [0.3, 0.4) is 0 Å². The molecule has 3 nitrogen and oxygen atoms in total. The summed E-state index contributed by atoms with van der Waals surface area (Å²) in [4.78, 5) is 4.69. The van der Waals surface area contributed by atoms with Crippen LogP contribution in [0.5, 0.6) is 0 Å². The maximum atomic E-state index is 5.37. The number of hydrogen-bond donors (Lipinski definition) is 2. The maximum Gasteiger partial charge on any atom is 0.189 e. The molecule has 0 atom stereocenters. The molecule has 1 aliphatic rings. The number of benzene rings is 2. The second-order valence-electron chi connectivity index (χ2n) is 6.17. The Bertz CT molecular complexity index is 887. The van der Waals surface area contributed by atoms with Gasteiger partial charge in [0, 0.05) is 16.6 Å². The molecular formula is C20H19N3S2. The minimum atomic E-state index is 0.553. The largest absolute Gasteiger partial charge is 0.332 e. The average molecular weight is 366 g/mol. The van der Waals surface area contributed by atoms with Crippen LogP contribution in [0.4, 0.5) is 10.8 Å². The van der Waals surface area contributed by atoms with Crippen molar-refractivity contribution >= 4 is 39.5 Å². The van der Waals surface area contributed by atoms with E-state index in [1.165, 1.54) is 42.4 Å². The predicted molar refractivity (Wildman–Crippen MR) is 110 cm³/mol. The molecule has 1 aliphatic carbocycles. The van der Waals surface area contributed by atoms with E-state index in [4.69, 9.17) is 17.2 Å². The number of hydrogen-bond acceptors (Lipinski definition) is 3. The topological polar surface area (TPSA) is 37.0 Å². The van der Waals surface area contributed by atoms with Crippen molar-refractivity contribution in [1.82, 2.24) is 4.98 Å². The van der Waals surface area contributed by atoms with Gasteiger partial charge >= 0.3 is 0 Å². The first-order chi connectivity index (χ1) is 12.3. The summed E-state index contributed by atoms with van der Waals surface area (Å²) in [6.45, 7) is 0. The van der Waals surface area contributed by atoms with E-state index in [2.05, 4.69) is 34.2 Å². The highest BCUT2D eigenvalue weighted by Crippen LogP contribution is 2.29. The van der Waals surface area contributed by atoms with Gasteiger partial charge < -0.3 is 10.6 Å². The molecule has 0 saturated carbocycles. The van der Waals surface area contributed by atoms with Gasteiger partial charge in [-0.2, -0.15) is 0 Å². The SMILES string of the molecule is S=C(Nc1ccccc1)Nc1nc(-c2ccc3c(c2)CCCC3)cs1. The molecule has 0 spiro atoms. The smallest absolute Gasteiger partial charge is 0.189 e. The Hall–Kier alpha value is -2.24. The van der Waals surface area contributed by atoms with Crippen LogP contribution < -0.4 is 10.6 Å². The van der Waals surface area contributed by atoms with Gasteiger partial charge in [0.2, 0.25) is 0 Å². The lowest BCUT2D eigenvalue weighted by molar-refractivity contribution is 0.686. The minimum absolute atomic E-state index is 0.553. The molecule has 3 aromatic rings. The summed E-state index contributed by atoms with van der Waals surface area (Å²) in [5, 5.41) is 9.78. The Morgan fingerprint density at radius 3 is 2.60 bits per heavy atom. The zero-order valence-electron chi connectivity index (χ0n) is 13.8. The van der Waals surface area contributed by atoms with Gasteiger partial charge in [0.05, 0.1) is 5.69 Å². The van der Waals surface area contributed by atoms with E-state index in [1.807, 2.05) is 30.3 Å². The molecule has 126 valence electrons. The van der Waals surface area contributed by atoms with Crippen molar-refractivity contribution in [2.75, 3.05) is 10.6 Å². The van der Waals surface area contributed by atoms with Crippen LogP contribution in [0, 0.1) is 0 Å². The van der Waals surface area contributed by atoms with E-state index >= 15 is 0 Å². The van der Waals surface area contributed by atoms with Gasteiger partial charge in [-0.3, -0.25) is 0 Å². The fraction of sp³-hybridized carbons (Fsp3) is 0.200. The van der Waals surface area contributed by atoms with E-state index in [0.29, 0.717) is 5.11 Å². The lowest BCUT2D eigenvalue weighted by atomic mass is 9.90. The second kappa shape index (κ2) is 7.33. The van der Waals surface area contributed by atoms with Gasteiger partial charge in [-0.05, 0) is 67.2 Å². The summed E-state index contributed by atoms with van der Waals surface area (Å²) in [5.74, 6) is 0. The number of para-hydroxylation sites is 1. The van der Waals surface area contributed by atoms with Crippen LogP contribution in [-0.2, 0) is 12.8 Å². The third kappa shape index (κ3) is 3.89.